The number of hydrogen-bond donors (Lipinski definition) is 2. The molecule has 1 aromatic rings. The summed E-state index contributed by atoms with van der Waals surface area (Å²) in [5.41, 5.74) is 1.21. The number of methoxy groups -OCH3 is 1. The zero-order chi connectivity index (χ0) is 15.2. The standard InChI is InChI=1S/C15H20N2O4/c1-21-10-13(14(18)19)16-15(20)17-8-7-12(9-17)11-5-3-2-4-6-11/h2-6,12-13H,7-10H2,1H3,(H,16,20)(H,18,19). The van der Waals surface area contributed by atoms with E-state index in [0.29, 0.717) is 19.0 Å². The van der Waals surface area contributed by atoms with Crippen molar-refractivity contribution in [2.45, 2.75) is 18.4 Å². The van der Waals surface area contributed by atoms with Gasteiger partial charge >= 0.3 is 12.0 Å². The Bertz CT molecular complexity index is 492. The molecule has 21 heavy (non-hydrogen) atoms. The van der Waals surface area contributed by atoms with Crippen LogP contribution >= 0.6 is 0 Å². The molecule has 0 spiro atoms. The number of ether oxygens (including phenoxy) is 1. The second kappa shape index (κ2) is 7.08. The fourth-order valence-corrected chi connectivity index (χ4v) is 2.52. The Morgan fingerprint density at radius 1 is 1.43 bits per heavy atom. The van der Waals surface area contributed by atoms with Gasteiger partial charge in [0.05, 0.1) is 6.61 Å². The van der Waals surface area contributed by atoms with Crippen molar-refractivity contribution in [3.63, 3.8) is 0 Å². The maximum absolute atomic E-state index is 12.1. The third-order valence-corrected chi connectivity index (χ3v) is 3.68. The molecule has 0 aromatic heterocycles. The molecular weight excluding hydrogens is 272 g/mol. The molecule has 2 amide bonds. The minimum absolute atomic E-state index is 0.0446. The van der Waals surface area contributed by atoms with Gasteiger partial charge in [-0.1, -0.05) is 30.3 Å². The zero-order valence-electron chi connectivity index (χ0n) is 12.0. The lowest BCUT2D eigenvalue weighted by atomic mass is 9.99. The molecule has 0 radical (unpaired) electrons. The quantitative estimate of drug-likeness (QED) is 0.857. The van der Waals surface area contributed by atoms with Crippen LogP contribution in [-0.2, 0) is 9.53 Å². The van der Waals surface area contributed by atoms with Gasteiger partial charge in [0.1, 0.15) is 0 Å². The van der Waals surface area contributed by atoms with Crippen LogP contribution in [0.4, 0.5) is 4.79 Å². The van der Waals surface area contributed by atoms with Gasteiger partial charge in [-0.25, -0.2) is 9.59 Å². The molecule has 2 unspecified atom stereocenters. The van der Waals surface area contributed by atoms with Gasteiger partial charge in [0.25, 0.3) is 0 Å². The highest BCUT2D eigenvalue weighted by Gasteiger charge is 2.29. The lowest BCUT2D eigenvalue weighted by Crippen LogP contribution is -2.49. The van der Waals surface area contributed by atoms with Gasteiger partial charge in [-0.2, -0.15) is 0 Å². The lowest BCUT2D eigenvalue weighted by molar-refractivity contribution is -0.140. The fourth-order valence-electron chi connectivity index (χ4n) is 2.52. The van der Waals surface area contributed by atoms with E-state index in [1.165, 1.54) is 12.7 Å². The van der Waals surface area contributed by atoms with E-state index >= 15 is 0 Å². The van der Waals surface area contributed by atoms with Crippen LogP contribution in [0.3, 0.4) is 0 Å². The first-order chi connectivity index (χ1) is 10.1. The number of nitrogens with zero attached hydrogens (tertiary/aromatic N) is 1. The number of aliphatic carboxylic acids is 1. The topological polar surface area (TPSA) is 78.9 Å². The predicted octanol–water partition coefficient (Wildman–Crippen LogP) is 1.29. The van der Waals surface area contributed by atoms with E-state index in [4.69, 9.17) is 9.84 Å². The maximum Gasteiger partial charge on any atom is 0.328 e. The number of carboxylic acid groups (broad SMARTS) is 1. The minimum atomic E-state index is -1.09. The fraction of sp³-hybridized carbons (Fsp3) is 0.467. The lowest BCUT2D eigenvalue weighted by Gasteiger charge is -2.20. The average Bonchev–Trinajstić information content (AvgIpc) is 2.97. The average molecular weight is 292 g/mol. The zero-order valence-corrected chi connectivity index (χ0v) is 12.0. The number of rotatable bonds is 5. The molecule has 6 heteroatoms. The summed E-state index contributed by atoms with van der Waals surface area (Å²) in [6.07, 6.45) is 0.888. The van der Waals surface area contributed by atoms with Gasteiger partial charge in [-0.05, 0) is 12.0 Å². The van der Waals surface area contributed by atoms with Crippen molar-refractivity contribution in [1.29, 1.82) is 0 Å². The summed E-state index contributed by atoms with van der Waals surface area (Å²) in [5.74, 6) is -0.786. The van der Waals surface area contributed by atoms with Gasteiger partial charge in [0, 0.05) is 26.1 Å². The highest BCUT2D eigenvalue weighted by Crippen LogP contribution is 2.26. The summed E-state index contributed by atoms with van der Waals surface area (Å²) in [7, 11) is 1.41. The van der Waals surface area contributed by atoms with Crippen LogP contribution in [-0.4, -0.2) is 54.9 Å². The Morgan fingerprint density at radius 2 is 2.14 bits per heavy atom. The van der Waals surface area contributed by atoms with Crippen molar-refractivity contribution in [3.05, 3.63) is 35.9 Å². The first-order valence-corrected chi connectivity index (χ1v) is 6.94. The molecule has 0 bridgehead atoms. The molecule has 1 saturated heterocycles. The van der Waals surface area contributed by atoms with E-state index in [1.54, 1.807) is 4.90 Å². The molecule has 0 saturated carbocycles. The molecule has 1 heterocycles. The molecule has 0 aliphatic carbocycles. The van der Waals surface area contributed by atoms with Crippen molar-refractivity contribution in [3.8, 4) is 0 Å². The highest BCUT2D eigenvalue weighted by atomic mass is 16.5. The van der Waals surface area contributed by atoms with Crippen molar-refractivity contribution in [1.82, 2.24) is 10.2 Å². The molecule has 1 aliphatic heterocycles. The van der Waals surface area contributed by atoms with Gasteiger partial charge < -0.3 is 20.1 Å². The third kappa shape index (κ3) is 3.95. The largest absolute Gasteiger partial charge is 0.480 e. The normalized spacial score (nSPS) is 19.3. The summed E-state index contributed by atoms with van der Waals surface area (Å²) < 4.78 is 4.81. The van der Waals surface area contributed by atoms with Crippen LogP contribution in [0.15, 0.2) is 30.3 Å². The highest BCUT2D eigenvalue weighted by molar-refractivity contribution is 5.82. The van der Waals surface area contributed by atoms with Crippen LogP contribution in [0.2, 0.25) is 0 Å². The second-order valence-corrected chi connectivity index (χ2v) is 5.14. The first kappa shape index (κ1) is 15.3. The SMILES string of the molecule is COCC(NC(=O)N1CCC(c2ccccc2)C1)C(=O)O. The van der Waals surface area contributed by atoms with Crippen LogP contribution < -0.4 is 5.32 Å². The molecule has 1 aromatic carbocycles. The third-order valence-electron chi connectivity index (χ3n) is 3.68. The van der Waals surface area contributed by atoms with Gasteiger partial charge in [0.15, 0.2) is 6.04 Å². The van der Waals surface area contributed by atoms with E-state index in [1.807, 2.05) is 18.2 Å². The Hall–Kier alpha value is -2.08. The van der Waals surface area contributed by atoms with Gasteiger partial charge in [-0.3, -0.25) is 0 Å². The van der Waals surface area contributed by atoms with Crippen LogP contribution in [0.25, 0.3) is 0 Å². The molecule has 2 rings (SSSR count). The molecule has 2 N–H and O–H groups in total. The molecule has 1 aliphatic rings. The molecule has 6 nitrogen and oxygen atoms in total. The summed E-state index contributed by atoms with van der Waals surface area (Å²) in [6, 6.07) is 8.67. The molecule has 114 valence electrons. The van der Waals surface area contributed by atoms with E-state index in [0.717, 1.165) is 6.42 Å². The number of carbonyl (C=O) groups is 2. The second-order valence-electron chi connectivity index (χ2n) is 5.14. The minimum Gasteiger partial charge on any atom is -0.480 e. The van der Waals surface area contributed by atoms with Crippen molar-refractivity contribution < 1.29 is 19.4 Å². The Labute approximate surface area is 123 Å². The van der Waals surface area contributed by atoms with Crippen LogP contribution in [0.5, 0.6) is 0 Å². The molecule has 1 fully saturated rings. The molecular formula is C15H20N2O4. The Kier molecular flexibility index (Phi) is 5.16. The number of carboxylic acids is 1. The predicted molar refractivity (Wildman–Crippen MR) is 77.2 cm³/mol. The Balaban J connectivity index is 1.91. The number of amides is 2. The van der Waals surface area contributed by atoms with Crippen LogP contribution in [0.1, 0.15) is 17.9 Å². The van der Waals surface area contributed by atoms with Gasteiger partial charge in [-0.15, -0.1) is 0 Å². The summed E-state index contributed by atoms with van der Waals surface area (Å²) >= 11 is 0. The number of nitrogens with one attached hydrogen (secondary N) is 1. The summed E-state index contributed by atoms with van der Waals surface area (Å²) in [5, 5.41) is 11.5. The number of carbonyl (C=O) groups excluding carboxylic acids is 1. The first-order valence-electron chi connectivity index (χ1n) is 6.94. The Morgan fingerprint density at radius 3 is 2.76 bits per heavy atom. The molecule has 2 atom stereocenters. The number of hydrogen-bond acceptors (Lipinski definition) is 3. The van der Waals surface area contributed by atoms with E-state index < -0.39 is 12.0 Å². The monoisotopic (exact) mass is 292 g/mol. The van der Waals surface area contributed by atoms with Crippen LogP contribution in [0, 0.1) is 0 Å². The summed E-state index contributed by atoms with van der Waals surface area (Å²) in [4.78, 5) is 24.8. The van der Waals surface area contributed by atoms with E-state index in [-0.39, 0.29) is 12.6 Å². The van der Waals surface area contributed by atoms with E-state index in [2.05, 4.69) is 17.4 Å². The van der Waals surface area contributed by atoms with Crippen molar-refractivity contribution in [2.24, 2.45) is 0 Å². The van der Waals surface area contributed by atoms with Crippen molar-refractivity contribution >= 4 is 12.0 Å². The summed E-state index contributed by atoms with van der Waals surface area (Å²) in [6.45, 7) is 1.19. The number of benzene rings is 1. The van der Waals surface area contributed by atoms with E-state index in [9.17, 15) is 9.59 Å². The smallest absolute Gasteiger partial charge is 0.328 e. The maximum atomic E-state index is 12.1. The number of urea groups is 1. The van der Waals surface area contributed by atoms with Gasteiger partial charge in [0.2, 0.25) is 0 Å². The van der Waals surface area contributed by atoms with Crippen molar-refractivity contribution in [2.75, 3.05) is 26.8 Å². The number of likely N-dealkylation sites (tertiary alicyclic amines) is 1.